The summed E-state index contributed by atoms with van der Waals surface area (Å²) in [6.07, 6.45) is 36.8. The summed E-state index contributed by atoms with van der Waals surface area (Å²) in [4.78, 5) is 24.2. The smallest absolute Gasteiger partial charge is 0.306 e. The largest absolute Gasteiger partial charge is 0.462 e. The first-order valence-electron chi connectivity index (χ1n) is 19.0. The molecule has 0 amide bonds. The second-order valence-electron chi connectivity index (χ2n) is 13.3. The van der Waals surface area contributed by atoms with E-state index in [4.69, 9.17) is 9.47 Å². The number of hydrogen-bond donors (Lipinski definition) is 2. The van der Waals surface area contributed by atoms with Gasteiger partial charge in [0.25, 0.3) is 0 Å². The highest BCUT2D eigenvalue weighted by molar-refractivity contribution is 5.70. The van der Waals surface area contributed by atoms with Gasteiger partial charge >= 0.3 is 11.9 Å². The van der Waals surface area contributed by atoms with E-state index >= 15 is 0 Å². The summed E-state index contributed by atoms with van der Waals surface area (Å²) in [5.41, 5.74) is 0. The number of carbonyl (C=O) groups is 2. The number of aliphatic hydroxyl groups is 2. The van der Waals surface area contributed by atoms with Crippen molar-refractivity contribution in [1.29, 1.82) is 0 Å². The molecule has 0 heterocycles. The molecule has 0 saturated heterocycles. The molecule has 2 N–H and O–H groups in total. The van der Waals surface area contributed by atoms with Crippen molar-refractivity contribution in [2.75, 3.05) is 13.2 Å². The lowest BCUT2D eigenvalue weighted by atomic mass is 10.0. The van der Waals surface area contributed by atoms with Crippen LogP contribution in [0.1, 0.15) is 175 Å². The van der Waals surface area contributed by atoms with Gasteiger partial charge in [0.2, 0.25) is 0 Å². The summed E-state index contributed by atoms with van der Waals surface area (Å²) in [5, 5.41) is 19.3. The minimum atomic E-state index is -0.795. The van der Waals surface area contributed by atoms with Gasteiger partial charge in [0.05, 0.1) is 12.7 Å². The topological polar surface area (TPSA) is 93.1 Å². The molecule has 0 aromatic heterocycles. The molecule has 0 aliphatic heterocycles. The van der Waals surface area contributed by atoms with Crippen LogP contribution >= 0.6 is 0 Å². The number of rotatable bonds is 33. The fraction of sp³-hybridized carbons (Fsp3) is 0.800. The fourth-order valence-corrected chi connectivity index (χ4v) is 5.30. The number of carbonyl (C=O) groups excluding carboxylic acids is 2. The molecular weight excluding hydrogens is 576 g/mol. The number of ether oxygens (including phenoxy) is 2. The van der Waals surface area contributed by atoms with Crippen molar-refractivity contribution in [3.8, 4) is 0 Å². The van der Waals surface area contributed by atoms with Crippen LogP contribution in [0.25, 0.3) is 0 Å². The second kappa shape index (κ2) is 34.4. The lowest BCUT2D eigenvalue weighted by molar-refractivity contribution is -0.161. The average Bonchev–Trinajstić information content (AvgIpc) is 3.03. The normalized spacial score (nSPS) is 13.3. The van der Waals surface area contributed by atoms with E-state index in [9.17, 15) is 19.8 Å². The maximum absolute atomic E-state index is 12.1. The molecule has 0 fully saturated rings. The van der Waals surface area contributed by atoms with Crippen LogP contribution in [-0.4, -0.2) is 47.6 Å². The van der Waals surface area contributed by atoms with Crippen LogP contribution in [0.2, 0.25) is 0 Å². The van der Waals surface area contributed by atoms with Crippen molar-refractivity contribution in [1.82, 2.24) is 0 Å². The van der Waals surface area contributed by atoms with Gasteiger partial charge < -0.3 is 19.7 Å². The van der Waals surface area contributed by atoms with E-state index in [1.165, 1.54) is 70.6 Å². The van der Waals surface area contributed by atoms with E-state index in [2.05, 4.69) is 32.9 Å². The van der Waals surface area contributed by atoms with E-state index in [1.807, 2.05) is 24.3 Å². The molecule has 2 atom stereocenters. The number of hydrogen-bond acceptors (Lipinski definition) is 6. The molecule has 0 aliphatic carbocycles. The van der Waals surface area contributed by atoms with Crippen LogP contribution in [0.5, 0.6) is 0 Å². The monoisotopic (exact) mass is 649 g/mol. The molecule has 0 bridgehead atoms. The van der Waals surface area contributed by atoms with E-state index in [0.29, 0.717) is 19.3 Å². The van der Waals surface area contributed by atoms with E-state index in [-0.39, 0.29) is 25.2 Å². The average molecular weight is 649 g/mol. The molecule has 0 radical (unpaired) electrons. The summed E-state index contributed by atoms with van der Waals surface area (Å²) in [5.74, 6) is 0.198. The quantitative estimate of drug-likeness (QED) is 0.0318. The van der Waals surface area contributed by atoms with Gasteiger partial charge in [-0.3, -0.25) is 9.59 Å². The Morgan fingerprint density at radius 1 is 0.652 bits per heavy atom. The maximum Gasteiger partial charge on any atom is 0.306 e. The zero-order valence-corrected chi connectivity index (χ0v) is 30.1. The predicted octanol–water partition coefficient (Wildman–Crippen LogP) is 10.5. The molecule has 0 rings (SSSR count). The first kappa shape index (κ1) is 44.1. The maximum atomic E-state index is 12.1. The SMILES string of the molecule is CC/C=C/CC(O)/C=C/C=C/CCCCCCCC(=O)O[C@@H](CO)COC(=O)CCCCCCCCCCCCCCCC(C)C. The summed E-state index contributed by atoms with van der Waals surface area (Å²) in [6, 6.07) is 0. The Bertz CT molecular complexity index is 772. The molecule has 0 aromatic rings. The van der Waals surface area contributed by atoms with Gasteiger partial charge in [0.1, 0.15) is 6.61 Å². The Morgan fingerprint density at radius 3 is 1.72 bits per heavy atom. The number of esters is 2. The highest BCUT2D eigenvalue weighted by Crippen LogP contribution is 2.15. The molecule has 0 aliphatic rings. The first-order chi connectivity index (χ1) is 22.4. The third-order valence-corrected chi connectivity index (χ3v) is 8.21. The highest BCUT2D eigenvalue weighted by atomic mass is 16.6. The van der Waals surface area contributed by atoms with Gasteiger partial charge in [0, 0.05) is 12.8 Å². The van der Waals surface area contributed by atoms with Crippen molar-refractivity contribution < 1.29 is 29.3 Å². The minimum Gasteiger partial charge on any atom is -0.462 e. The van der Waals surface area contributed by atoms with Gasteiger partial charge in [-0.25, -0.2) is 0 Å². The summed E-state index contributed by atoms with van der Waals surface area (Å²) >= 11 is 0. The summed E-state index contributed by atoms with van der Waals surface area (Å²) in [7, 11) is 0. The summed E-state index contributed by atoms with van der Waals surface area (Å²) in [6.45, 7) is 6.25. The van der Waals surface area contributed by atoms with Crippen molar-refractivity contribution in [2.45, 2.75) is 187 Å². The second-order valence-corrected chi connectivity index (χ2v) is 13.3. The Labute approximate surface area is 283 Å². The van der Waals surface area contributed by atoms with E-state index in [0.717, 1.165) is 70.1 Å². The van der Waals surface area contributed by atoms with Gasteiger partial charge in [-0.05, 0) is 44.4 Å². The Balaban J connectivity index is 3.62. The fourth-order valence-electron chi connectivity index (χ4n) is 5.30. The van der Waals surface area contributed by atoms with E-state index < -0.39 is 12.2 Å². The van der Waals surface area contributed by atoms with Gasteiger partial charge in [0.15, 0.2) is 6.10 Å². The molecule has 0 spiro atoms. The Morgan fingerprint density at radius 2 is 1.17 bits per heavy atom. The zero-order chi connectivity index (χ0) is 33.9. The zero-order valence-electron chi connectivity index (χ0n) is 30.1. The van der Waals surface area contributed by atoms with Gasteiger partial charge in [-0.15, -0.1) is 0 Å². The molecule has 268 valence electrons. The van der Waals surface area contributed by atoms with Crippen LogP contribution in [0.4, 0.5) is 0 Å². The molecule has 0 saturated carbocycles. The van der Waals surface area contributed by atoms with Crippen molar-refractivity contribution in [3.05, 3.63) is 36.5 Å². The van der Waals surface area contributed by atoms with Crippen LogP contribution in [-0.2, 0) is 19.1 Å². The Hall–Kier alpha value is -1.92. The van der Waals surface area contributed by atoms with Crippen LogP contribution in [0, 0.1) is 5.92 Å². The molecule has 1 unspecified atom stereocenters. The Kier molecular flexibility index (Phi) is 33.0. The van der Waals surface area contributed by atoms with Crippen LogP contribution in [0.3, 0.4) is 0 Å². The minimum absolute atomic E-state index is 0.0867. The van der Waals surface area contributed by atoms with Crippen molar-refractivity contribution in [3.63, 3.8) is 0 Å². The molecular formula is C40H72O6. The van der Waals surface area contributed by atoms with Gasteiger partial charge in [-0.1, -0.05) is 160 Å². The summed E-state index contributed by atoms with van der Waals surface area (Å²) < 4.78 is 10.6. The van der Waals surface area contributed by atoms with Crippen molar-refractivity contribution in [2.24, 2.45) is 5.92 Å². The third-order valence-electron chi connectivity index (χ3n) is 8.21. The van der Waals surface area contributed by atoms with Crippen LogP contribution < -0.4 is 0 Å². The van der Waals surface area contributed by atoms with Crippen LogP contribution in [0.15, 0.2) is 36.5 Å². The molecule has 6 heteroatoms. The number of allylic oxidation sites excluding steroid dienone is 4. The lowest BCUT2D eigenvalue weighted by Crippen LogP contribution is -2.28. The van der Waals surface area contributed by atoms with Gasteiger partial charge in [-0.2, -0.15) is 0 Å². The first-order valence-corrected chi connectivity index (χ1v) is 19.0. The molecule has 46 heavy (non-hydrogen) atoms. The molecule has 6 nitrogen and oxygen atoms in total. The molecule has 0 aromatic carbocycles. The number of aliphatic hydroxyl groups excluding tert-OH is 2. The van der Waals surface area contributed by atoms with E-state index in [1.54, 1.807) is 0 Å². The highest BCUT2D eigenvalue weighted by Gasteiger charge is 2.16. The standard InChI is InChI=1S/C40H72O6/c1-4-5-24-30-37(42)31-26-21-17-13-11-15-19-23-28-33-40(44)46-38(34-41)35-45-39(43)32-27-22-18-14-10-8-6-7-9-12-16-20-25-29-36(2)3/h5,17,21,24,26,31,36-38,41-42H,4,6-16,18-20,22-23,25,27-30,32-35H2,1-3H3/b21-17+,24-5+,31-26+/t37?,38-/m0/s1. The lowest BCUT2D eigenvalue weighted by Gasteiger charge is -2.15. The predicted molar refractivity (Wildman–Crippen MR) is 193 cm³/mol. The number of unbranched alkanes of at least 4 members (excludes halogenated alkanes) is 17. The van der Waals surface area contributed by atoms with Crippen molar-refractivity contribution >= 4 is 11.9 Å². The third kappa shape index (κ3) is 33.4.